The molecule has 7 heteroatoms. The predicted octanol–water partition coefficient (Wildman–Crippen LogP) is 2.39. The van der Waals surface area contributed by atoms with E-state index in [0.717, 1.165) is 29.5 Å². The van der Waals surface area contributed by atoms with Crippen LogP contribution in [0.4, 0.5) is 0 Å². The zero-order valence-electron chi connectivity index (χ0n) is 17.0. The number of rotatable bonds is 6. The van der Waals surface area contributed by atoms with Crippen LogP contribution in [0.5, 0.6) is 0 Å². The maximum absolute atomic E-state index is 13.2. The van der Waals surface area contributed by atoms with Gasteiger partial charge < -0.3 is 15.3 Å². The van der Waals surface area contributed by atoms with E-state index in [-0.39, 0.29) is 6.54 Å². The molecule has 1 atom stereocenters. The second kappa shape index (κ2) is 8.34. The highest BCUT2D eigenvalue weighted by Gasteiger charge is 2.61. The summed E-state index contributed by atoms with van der Waals surface area (Å²) in [5, 5.41) is 11.0. The largest absolute Gasteiger partial charge is 0.480 e. The third-order valence-electron chi connectivity index (χ3n) is 6.26. The van der Waals surface area contributed by atoms with Crippen molar-refractivity contribution < 1.29 is 24.3 Å². The zero-order chi connectivity index (χ0) is 22.0. The van der Waals surface area contributed by atoms with E-state index in [4.69, 9.17) is 5.11 Å². The van der Waals surface area contributed by atoms with Crippen LogP contribution in [0.1, 0.15) is 31.2 Å². The summed E-state index contributed by atoms with van der Waals surface area (Å²) < 4.78 is 0. The topological polar surface area (TPSA) is 104 Å². The van der Waals surface area contributed by atoms with Gasteiger partial charge in [-0.25, -0.2) is 0 Å². The Bertz CT molecular complexity index is 1010. The van der Waals surface area contributed by atoms with Gasteiger partial charge >= 0.3 is 5.97 Å². The Labute approximate surface area is 180 Å². The summed E-state index contributed by atoms with van der Waals surface area (Å²) >= 11 is 0. The highest BCUT2D eigenvalue weighted by atomic mass is 16.4. The Balaban J connectivity index is 1.57. The van der Waals surface area contributed by atoms with Crippen LogP contribution in [-0.2, 0) is 25.7 Å². The van der Waals surface area contributed by atoms with Gasteiger partial charge in [0.15, 0.2) is 11.7 Å². The molecule has 2 aliphatic rings. The first-order chi connectivity index (χ1) is 14.9. The molecule has 0 bridgehead atoms. The summed E-state index contributed by atoms with van der Waals surface area (Å²) in [6.07, 6.45) is 2.68. The number of benzene rings is 2. The number of carboxylic acid groups (broad SMARTS) is 1. The molecule has 1 spiro atoms. The summed E-state index contributed by atoms with van der Waals surface area (Å²) in [5.41, 5.74) is 2.04. The summed E-state index contributed by atoms with van der Waals surface area (Å²) in [5.74, 6) is -4.47. The molecule has 31 heavy (non-hydrogen) atoms. The molecule has 4 rings (SSSR count). The highest BCUT2D eigenvalue weighted by Crippen LogP contribution is 2.44. The fraction of sp³-hybridized carbons (Fsp3) is 0.333. The van der Waals surface area contributed by atoms with Crippen LogP contribution in [0.15, 0.2) is 54.6 Å². The van der Waals surface area contributed by atoms with Gasteiger partial charge in [-0.3, -0.25) is 19.2 Å². The Morgan fingerprint density at radius 3 is 2.19 bits per heavy atom. The van der Waals surface area contributed by atoms with Crippen molar-refractivity contribution in [2.45, 2.75) is 37.8 Å². The summed E-state index contributed by atoms with van der Waals surface area (Å²) in [4.78, 5) is 51.1. The lowest BCUT2D eigenvalue weighted by Gasteiger charge is -2.33. The lowest BCUT2D eigenvalue weighted by Crippen LogP contribution is -2.47. The van der Waals surface area contributed by atoms with Crippen molar-refractivity contribution in [2.75, 3.05) is 6.54 Å². The van der Waals surface area contributed by atoms with Crippen LogP contribution in [0.3, 0.4) is 0 Å². The molecule has 2 aromatic carbocycles. The minimum atomic E-state index is -1.47. The number of carbonyl (C=O) groups is 4. The van der Waals surface area contributed by atoms with Gasteiger partial charge in [0.25, 0.3) is 0 Å². The molecule has 1 unspecified atom stereocenters. The van der Waals surface area contributed by atoms with Crippen molar-refractivity contribution in [1.82, 2.24) is 10.2 Å². The third-order valence-corrected chi connectivity index (χ3v) is 6.26. The number of nitrogens with one attached hydrogen (secondary N) is 1. The number of carbonyl (C=O) groups excluding carboxylic acids is 3. The van der Waals surface area contributed by atoms with Crippen molar-refractivity contribution in [3.8, 4) is 11.1 Å². The van der Waals surface area contributed by atoms with Gasteiger partial charge in [-0.15, -0.1) is 0 Å². The lowest BCUT2D eigenvalue weighted by atomic mass is 9.88. The average Bonchev–Trinajstić information content (AvgIpc) is 3.34. The number of amides is 2. The molecule has 0 radical (unpaired) electrons. The van der Waals surface area contributed by atoms with Crippen molar-refractivity contribution in [2.24, 2.45) is 5.92 Å². The van der Waals surface area contributed by atoms with Crippen molar-refractivity contribution in [3.05, 3.63) is 60.2 Å². The molecule has 1 saturated carbocycles. The van der Waals surface area contributed by atoms with E-state index in [2.05, 4.69) is 5.32 Å². The van der Waals surface area contributed by atoms with E-state index < -0.39 is 41.6 Å². The predicted molar refractivity (Wildman–Crippen MR) is 113 cm³/mol. The first kappa shape index (κ1) is 20.8. The average molecular weight is 420 g/mol. The minimum absolute atomic E-state index is 0.238. The number of Topliss-reactive ketones (excluding diaryl/α,β-unsaturated/α-hetero) is 1. The van der Waals surface area contributed by atoms with Gasteiger partial charge in [-0.2, -0.15) is 0 Å². The Morgan fingerprint density at radius 1 is 0.968 bits per heavy atom. The minimum Gasteiger partial charge on any atom is -0.480 e. The molecule has 7 nitrogen and oxygen atoms in total. The zero-order valence-corrected chi connectivity index (χ0v) is 17.0. The fourth-order valence-corrected chi connectivity index (χ4v) is 4.70. The molecule has 2 amide bonds. The Morgan fingerprint density at radius 2 is 1.58 bits per heavy atom. The summed E-state index contributed by atoms with van der Waals surface area (Å²) in [6.45, 7) is -0.383. The van der Waals surface area contributed by atoms with Crippen LogP contribution in [0, 0.1) is 5.92 Å². The summed E-state index contributed by atoms with van der Waals surface area (Å²) in [6, 6.07) is 17.8. The van der Waals surface area contributed by atoms with E-state index in [1.165, 1.54) is 0 Å². The van der Waals surface area contributed by atoms with Crippen LogP contribution in [0.2, 0.25) is 0 Å². The van der Waals surface area contributed by atoms with Crippen molar-refractivity contribution in [3.63, 3.8) is 0 Å². The molecule has 2 N–H and O–H groups in total. The summed E-state index contributed by atoms with van der Waals surface area (Å²) in [7, 11) is 0. The molecule has 1 saturated heterocycles. The van der Waals surface area contributed by atoms with Crippen LogP contribution >= 0.6 is 0 Å². The smallest absolute Gasteiger partial charge is 0.322 e. The molecule has 2 fully saturated rings. The molecule has 0 aromatic heterocycles. The van der Waals surface area contributed by atoms with Gasteiger partial charge in [0, 0.05) is 6.54 Å². The van der Waals surface area contributed by atoms with Gasteiger partial charge in [0.1, 0.15) is 12.1 Å². The third kappa shape index (κ3) is 3.83. The van der Waals surface area contributed by atoms with Gasteiger partial charge in [0.2, 0.25) is 11.8 Å². The number of likely N-dealkylation sites (tertiary alicyclic amines) is 1. The van der Waals surface area contributed by atoms with Crippen molar-refractivity contribution >= 4 is 23.6 Å². The van der Waals surface area contributed by atoms with Crippen molar-refractivity contribution in [1.29, 1.82) is 0 Å². The Kier molecular flexibility index (Phi) is 5.59. The molecular formula is C24H24N2O5. The molecule has 160 valence electrons. The second-order valence-corrected chi connectivity index (χ2v) is 8.13. The molecule has 1 heterocycles. The molecule has 1 aliphatic heterocycles. The number of aliphatic carboxylic acids is 1. The van der Waals surface area contributed by atoms with Gasteiger partial charge in [0.05, 0.1) is 0 Å². The monoisotopic (exact) mass is 420 g/mol. The van der Waals surface area contributed by atoms with Crippen LogP contribution in [0.25, 0.3) is 11.1 Å². The highest BCUT2D eigenvalue weighted by molar-refractivity contribution is 6.25. The molecule has 2 aromatic rings. The van der Waals surface area contributed by atoms with E-state index in [0.29, 0.717) is 12.8 Å². The second-order valence-electron chi connectivity index (χ2n) is 8.13. The maximum Gasteiger partial charge on any atom is 0.322 e. The number of carboxylic acids is 1. The first-order valence-electron chi connectivity index (χ1n) is 10.4. The number of hydrogen-bond donors (Lipinski definition) is 2. The SMILES string of the molecule is O=C(O)CNC(=O)C1C(=O)N(Cc2ccc(-c3ccccc3)cc2)C2(CCCC2)C1=O. The lowest BCUT2D eigenvalue weighted by molar-refractivity contribution is -0.143. The fourth-order valence-electron chi connectivity index (χ4n) is 4.70. The van der Waals surface area contributed by atoms with Gasteiger partial charge in [-0.1, -0.05) is 67.4 Å². The first-order valence-corrected chi connectivity index (χ1v) is 10.4. The van der Waals surface area contributed by atoms with E-state index in [1.54, 1.807) is 4.90 Å². The number of hydrogen-bond acceptors (Lipinski definition) is 4. The van der Waals surface area contributed by atoms with E-state index in [1.807, 2.05) is 54.6 Å². The maximum atomic E-state index is 13.2. The standard InChI is InChI=1S/C24H24N2O5/c27-19(28)14-25-22(30)20-21(29)24(12-4-5-13-24)26(23(20)31)15-16-8-10-18(11-9-16)17-6-2-1-3-7-17/h1-3,6-11,20H,4-5,12-15H2,(H,25,30)(H,27,28). The quantitative estimate of drug-likeness (QED) is 0.699. The van der Waals surface area contributed by atoms with Gasteiger partial charge in [-0.05, 0) is 29.5 Å². The number of nitrogens with zero attached hydrogens (tertiary/aromatic N) is 1. The van der Waals surface area contributed by atoms with E-state index >= 15 is 0 Å². The van der Waals surface area contributed by atoms with Crippen LogP contribution < -0.4 is 5.32 Å². The van der Waals surface area contributed by atoms with Crippen LogP contribution in [-0.4, -0.2) is 45.7 Å². The normalized spacial score (nSPS) is 19.7. The molecular weight excluding hydrogens is 396 g/mol. The van der Waals surface area contributed by atoms with E-state index in [9.17, 15) is 19.2 Å². The molecule has 1 aliphatic carbocycles. The number of ketones is 1. The Hall–Kier alpha value is -3.48.